The molecule has 2 aromatic heterocycles. The fraction of sp³-hybridized carbons (Fsp3) is 0.526. The highest BCUT2D eigenvalue weighted by Crippen LogP contribution is 2.35. The van der Waals surface area contributed by atoms with Crippen LogP contribution in [0.15, 0.2) is 28.2 Å². The maximum atomic E-state index is 12.8. The van der Waals surface area contributed by atoms with Crippen LogP contribution in [0.25, 0.3) is 0 Å². The summed E-state index contributed by atoms with van der Waals surface area (Å²) in [5.74, 6) is 0.625. The first-order chi connectivity index (χ1) is 13.5. The van der Waals surface area contributed by atoms with Crippen molar-refractivity contribution in [3.05, 3.63) is 50.7 Å². The van der Waals surface area contributed by atoms with Gasteiger partial charge < -0.3 is 14.8 Å². The summed E-state index contributed by atoms with van der Waals surface area (Å²) in [6, 6.07) is 2.83. The number of aryl methyl sites for hydroxylation is 1. The molecule has 0 aromatic carbocycles. The van der Waals surface area contributed by atoms with Gasteiger partial charge in [-0.1, -0.05) is 0 Å². The average molecular weight is 384 g/mol. The monoisotopic (exact) mass is 384 g/mol. The number of aromatic amines is 1. The molecule has 0 atom stereocenters. The van der Waals surface area contributed by atoms with E-state index in [4.69, 9.17) is 0 Å². The second kappa shape index (κ2) is 7.21. The molecule has 1 saturated heterocycles. The van der Waals surface area contributed by atoms with Crippen LogP contribution in [0, 0.1) is 6.92 Å². The fourth-order valence-corrected chi connectivity index (χ4v) is 3.84. The standard InChI is InChI=1S/C19H24N6O3/c1-12-9-16(22-11-21-12)25(13-3-4-13)14-5-7-24(8-6-14)18(27)15-10-20-19(28)23(2)17(15)26/h9-11,13-14H,3-8H2,1-2H3,(H,20,28). The molecule has 4 rings (SSSR count). The Balaban J connectivity index is 1.48. The summed E-state index contributed by atoms with van der Waals surface area (Å²) in [5, 5.41) is 0. The third-order valence-corrected chi connectivity index (χ3v) is 5.55. The van der Waals surface area contributed by atoms with Gasteiger partial charge in [0.05, 0.1) is 0 Å². The first-order valence-corrected chi connectivity index (χ1v) is 9.60. The summed E-state index contributed by atoms with van der Waals surface area (Å²) in [5.41, 5.74) is -0.143. The largest absolute Gasteiger partial charge is 0.350 e. The third kappa shape index (κ3) is 3.44. The van der Waals surface area contributed by atoms with E-state index < -0.39 is 11.2 Å². The Morgan fingerprint density at radius 3 is 2.46 bits per heavy atom. The molecule has 28 heavy (non-hydrogen) atoms. The lowest BCUT2D eigenvalue weighted by Gasteiger charge is -2.39. The van der Waals surface area contributed by atoms with Crippen molar-refractivity contribution in [3.8, 4) is 0 Å². The Labute approximate surface area is 162 Å². The van der Waals surface area contributed by atoms with Crippen molar-refractivity contribution in [1.29, 1.82) is 0 Å². The molecule has 9 nitrogen and oxygen atoms in total. The summed E-state index contributed by atoms with van der Waals surface area (Å²) < 4.78 is 0.923. The van der Waals surface area contributed by atoms with Crippen molar-refractivity contribution in [2.45, 2.75) is 44.7 Å². The molecule has 1 N–H and O–H groups in total. The van der Waals surface area contributed by atoms with Crippen molar-refractivity contribution < 1.29 is 4.79 Å². The van der Waals surface area contributed by atoms with Gasteiger partial charge in [0.15, 0.2) is 0 Å². The number of nitrogens with zero attached hydrogens (tertiary/aromatic N) is 5. The molecule has 0 unspecified atom stereocenters. The summed E-state index contributed by atoms with van der Waals surface area (Å²) >= 11 is 0. The van der Waals surface area contributed by atoms with Gasteiger partial charge in [-0.15, -0.1) is 0 Å². The van der Waals surface area contributed by atoms with Gasteiger partial charge in [-0.3, -0.25) is 14.2 Å². The Kier molecular flexibility index (Phi) is 4.74. The highest BCUT2D eigenvalue weighted by atomic mass is 16.2. The smallest absolute Gasteiger partial charge is 0.328 e. The fourth-order valence-electron chi connectivity index (χ4n) is 3.84. The Morgan fingerprint density at radius 1 is 1.14 bits per heavy atom. The lowest BCUT2D eigenvalue weighted by Crippen LogP contribution is -2.49. The van der Waals surface area contributed by atoms with E-state index in [0.29, 0.717) is 25.2 Å². The SMILES string of the molecule is Cc1cc(N(C2CC2)C2CCN(C(=O)c3c[nH]c(=O)n(C)c3=O)CC2)ncn1. The quantitative estimate of drug-likeness (QED) is 0.821. The van der Waals surface area contributed by atoms with Crippen LogP contribution in [0.5, 0.6) is 0 Å². The molecule has 0 bridgehead atoms. The minimum absolute atomic E-state index is 0.00558. The predicted octanol–water partition coefficient (Wildman–Crippen LogP) is 0.446. The van der Waals surface area contributed by atoms with Gasteiger partial charge in [0.1, 0.15) is 17.7 Å². The molecule has 0 spiro atoms. The molecule has 2 aliphatic rings. The molecular formula is C19H24N6O3. The molecule has 148 valence electrons. The van der Waals surface area contributed by atoms with Crippen molar-refractivity contribution in [3.63, 3.8) is 0 Å². The van der Waals surface area contributed by atoms with Crippen LogP contribution in [0.1, 0.15) is 41.7 Å². The molecule has 3 heterocycles. The molecule has 1 amide bonds. The Hall–Kier alpha value is -2.97. The zero-order chi connectivity index (χ0) is 19.8. The van der Waals surface area contributed by atoms with Gasteiger partial charge >= 0.3 is 5.69 Å². The van der Waals surface area contributed by atoms with Crippen LogP contribution in [0.4, 0.5) is 5.82 Å². The minimum Gasteiger partial charge on any atom is -0.350 e. The normalized spacial score (nSPS) is 17.6. The van der Waals surface area contributed by atoms with Gasteiger partial charge in [0.25, 0.3) is 11.5 Å². The predicted molar refractivity (Wildman–Crippen MR) is 103 cm³/mol. The highest BCUT2D eigenvalue weighted by molar-refractivity contribution is 5.93. The zero-order valence-corrected chi connectivity index (χ0v) is 16.1. The Morgan fingerprint density at radius 2 is 1.82 bits per heavy atom. The summed E-state index contributed by atoms with van der Waals surface area (Å²) in [7, 11) is 1.36. The number of anilines is 1. The van der Waals surface area contributed by atoms with E-state index in [2.05, 4.69) is 19.9 Å². The van der Waals surface area contributed by atoms with Crippen LogP contribution in [-0.4, -0.2) is 55.5 Å². The van der Waals surface area contributed by atoms with Crippen molar-refractivity contribution in [2.24, 2.45) is 7.05 Å². The maximum absolute atomic E-state index is 12.8. The van der Waals surface area contributed by atoms with Crippen LogP contribution >= 0.6 is 0 Å². The number of likely N-dealkylation sites (tertiary alicyclic amines) is 1. The lowest BCUT2D eigenvalue weighted by molar-refractivity contribution is 0.0708. The second-order valence-electron chi connectivity index (χ2n) is 7.55. The first-order valence-electron chi connectivity index (χ1n) is 9.60. The number of piperidine rings is 1. The molecular weight excluding hydrogens is 360 g/mol. The molecule has 1 aliphatic carbocycles. The first kappa shape index (κ1) is 18.4. The number of hydrogen-bond acceptors (Lipinski definition) is 6. The van der Waals surface area contributed by atoms with Gasteiger partial charge in [-0.2, -0.15) is 0 Å². The second-order valence-corrected chi connectivity index (χ2v) is 7.55. The van der Waals surface area contributed by atoms with Crippen molar-refractivity contribution >= 4 is 11.7 Å². The van der Waals surface area contributed by atoms with E-state index in [0.717, 1.165) is 41.8 Å². The van der Waals surface area contributed by atoms with E-state index >= 15 is 0 Å². The molecule has 2 aromatic rings. The lowest BCUT2D eigenvalue weighted by atomic mass is 10.0. The molecule has 2 fully saturated rings. The van der Waals surface area contributed by atoms with Crippen LogP contribution < -0.4 is 16.1 Å². The third-order valence-electron chi connectivity index (χ3n) is 5.55. The average Bonchev–Trinajstić information content (AvgIpc) is 3.52. The van der Waals surface area contributed by atoms with Gasteiger partial charge in [0.2, 0.25) is 0 Å². The van der Waals surface area contributed by atoms with E-state index in [1.54, 1.807) is 11.2 Å². The van der Waals surface area contributed by atoms with Crippen LogP contribution in [-0.2, 0) is 7.05 Å². The number of nitrogens with one attached hydrogen (secondary N) is 1. The number of aromatic nitrogens is 4. The summed E-state index contributed by atoms with van der Waals surface area (Å²) in [4.78, 5) is 51.7. The molecule has 9 heteroatoms. The van der Waals surface area contributed by atoms with E-state index in [-0.39, 0.29) is 11.5 Å². The van der Waals surface area contributed by atoms with Gasteiger partial charge in [0, 0.05) is 50.2 Å². The van der Waals surface area contributed by atoms with Gasteiger partial charge in [-0.05, 0) is 32.6 Å². The van der Waals surface area contributed by atoms with Gasteiger partial charge in [-0.25, -0.2) is 14.8 Å². The van der Waals surface area contributed by atoms with Crippen molar-refractivity contribution in [1.82, 2.24) is 24.4 Å². The van der Waals surface area contributed by atoms with Crippen molar-refractivity contribution in [2.75, 3.05) is 18.0 Å². The minimum atomic E-state index is -0.563. The highest BCUT2D eigenvalue weighted by Gasteiger charge is 2.37. The van der Waals surface area contributed by atoms with E-state index in [9.17, 15) is 14.4 Å². The van der Waals surface area contributed by atoms with Crippen LogP contribution in [0.3, 0.4) is 0 Å². The van der Waals surface area contributed by atoms with E-state index in [1.807, 2.05) is 13.0 Å². The molecule has 1 saturated carbocycles. The number of hydrogen-bond donors (Lipinski definition) is 1. The maximum Gasteiger partial charge on any atom is 0.328 e. The summed E-state index contributed by atoms with van der Waals surface area (Å²) in [6.07, 6.45) is 6.78. The zero-order valence-electron chi connectivity index (χ0n) is 16.1. The number of amides is 1. The molecule has 1 aliphatic heterocycles. The van der Waals surface area contributed by atoms with E-state index in [1.165, 1.54) is 13.2 Å². The van der Waals surface area contributed by atoms with Crippen LogP contribution in [0.2, 0.25) is 0 Å². The number of H-pyrrole nitrogens is 1. The number of rotatable bonds is 4. The number of carbonyl (C=O) groups excluding carboxylic acids is 1. The topological polar surface area (TPSA) is 104 Å². The number of carbonyl (C=O) groups is 1. The molecule has 0 radical (unpaired) electrons. The Bertz CT molecular complexity index is 1000. The summed E-state index contributed by atoms with van der Waals surface area (Å²) in [6.45, 7) is 3.10.